The zero-order valence-electron chi connectivity index (χ0n) is 19.1. The fourth-order valence-corrected chi connectivity index (χ4v) is 4.55. The minimum absolute atomic E-state index is 0.0128. The first-order valence-electron chi connectivity index (χ1n) is 11.4. The molecule has 0 unspecified atom stereocenters. The highest BCUT2D eigenvalue weighted by Crippen LogP contribution is 2.40. The van der Waals surface area contributed by atoms with Crippen molar-refractivity contribution in [2.45, 2.75) is 6.92 Å². The van der Waals surface area contributed by atoms with E-state index in [1.54, 1.807) is 16.9 Å². The van der Waals surface area contributed by atoms with Gasteiger partial charge >= 0.3 is 0 Å². The first kappa shape index (κ1) is 21.4. The van der Waals surface area contributed by atoms with Crippen LogP contribution in [0.25, 0.3) is 16.8 Å². The molecule has 2 saturated heterocycles. The van der Waals surface area contributed by atoms with Crippen LogP contribution in [-0.4, -0.2) is 52.0 Å². The third-order valence-corrected chi connectivity index (χ3v) is 6.54. The van der Waals surface area contributed by atoms with Crippen molar-refractivity contribution in [2.24, 2.45) is 5.41 Å². The van der Waals surface area contributed by atoms with E-state index in [2.05, 4.69) is 31.3 Å². The van der Waals surface area contributed by atoms with Crippen LogP contribution in [0.5, 0.6) is 0 Å². The second kappa shape index (κ2) is 8.28. The summed E-state index contributed by atoms with van der Waals surface area (Å²) in [6, 6.07) is 11.8. The number of aryl methyl sites for hydroxylation is 1. The van der Waals surface area contributed by atoms with Crippen LogP contribution in [0, 0.1) is 18.3 Å². The number of hydrogen-bond donors (Lipinski definition) is 1. The van der Waals surface area contributed by atoms with E-state index in [4.69, 9.17) is 4.74 Å². The Balaban J connectivity index is 1.22. The molecule has 35 heavy (non-hydrogen) atoms. The van der Waals surface area contributed by atoms with Crippen molar-refractivity contribution in [3.63, 3.8) is 0 Å². The van der Waals surface area contributed by atoms with Gasteiger partial charge in [0.25, 0.3) is 5.91 Å². The number of nitrogens with zero attached hydrogens (tertiary/aromatic N) is 5. The van der Waals surface area contributed by atoms with Crippen molar-refractivity contribution >= 4 is 17.3 Å². The molecule has 0 saturated carbocycles. The van der Waals surface area contributed by atoms with E-state index in [0.29, 0.717) is 11.1 Å². The Morgan fingerprint density at radius 1 is 1.09 bits per heavy atom. The molecule has 5 heterocycles. The molecule has 3 aromatic heterocycles. The Labute approximate surface area is 201 Å². The van der Waals surface area contributed by atoms with Gasteiger partial charge in [-0.25, -0.2) is 9.67 Å². The lowest BCUT2D eigenvalue weighted by atomic mass is 9.78. The third kappa shape index (κ3) is 4.04. The van der Waals surface area contributed by atoms with Gasteiger partial charge in [-0.3, -0.25) is 9.78 Å². The molecule has 1 N–H and O–H groups in total. The van der Waals surface area contributed by atoms with Crippen molar-refractivity contribution in [1.29, 1.82) is 0 Å². The summed E-state index contributed by atoms with van der Waals surface area (Å²) in [4.78, 5) is 22.9. The van der Waals surface area contributed by atoms with Gasteiger partial charge in [0.2, 0.25) is 5.95 Å². The molecule has 2 aliphatic heterocycles. The molecule has 4 aromatic rings. The molecular formula is C26H23FN6O2. The maximum atomic E-state index is 13.4. The van der Waals surface area contributed by atoms with Crippen LogP contribution < -0.4 is 10.2 Å². The number of anilines is 2. The summed E-state index contributed by atoms with van der Waals surface area (Å²) in [7, 11) is 0. The van der Waals surface area contributed by atoms with Crippen LogP contribution >= 0.6 is 0 Å². The zero-order chi connectivity index (χ0) is 24.0. The Morgan fingerprint density at radius 3 is 2.71 bits per heavy atom. The number of hydrogen-bond acceptors (Lipinski definition) is 6. The Kier molecular flexibility index (Phi) is 5.07. The summed E-state index contributed by atoms with van der Waals surface area (Å²) in [6.45, 7) is 5.67. The van der Waals surface area contributed by atoms with Gasteiger partial charge in [0.1, 0.15) is 5.69 Å². The van der Waals surface area contributed by atoms with Gasteiger partial charge in [-0.1, -0.05) is 12.1 Å². The average Bonchev–Trinajstić information content (AvgIpc) is 3.29. The smallest absolute Gasteiger partial charge is 0.274 e. The van der Waals surface area contributed by atoms with Crippen LogP contribution in [-0.2, 0) is 4.74 Å². The van der Waals surface area contributed by atoms with Gasteiger partial charge < -0.3 is 15.0 Å². The minimum Gasteiger partial charge on any atom is -0.380 e. The summed E-state index contributed by atoms with van der Waals surface area (Å²) in [5.74, 6) is -1.18. The summed E-state index contributed by atoms with van der Waals surface area (Å²) in [5.41, 5.74) is 5.75. The predicted molar refractivity (Wildman–Crippen MR) is 129 cm³/mol. The van der Waals surface area contributed by atoms with Crippen molar-refractivity contribution in [3.05, 3.63) is 84.5 Å². The van der Waals surface area contributed by atoms with Gasteiger partial charge in [-0.05, 0) is 42.8 Å². The topological polar surface area (TPSA) is 85.2 Å². The van der Waals surface area contributed by atoms with E-state index in [-0.39, 0.29) is 5.69 Å². The van der Waals surface area contributed by atoms with Crippen LogP contribution in [0.1, 0.15) is 16.1 Å². The van der Waals surface area contributed by atoms with Crippen LogP contribution in [0.4, 0.5) is 15.8 Å². The number of nitrogens with one attached hydrogen (secondary N) is 1. The van der Waals surface area contributed by atoms with Crippen molar-refractivity contribution in [1.82, 2.24) is 19.7 Å². The van der Waals surface area contributed by atoms with E-state index in [1.165, 1.54) is 18.2 Å². The fourth-order valence-electron chi connectivity index (χ4n) is 4.55. The molecule has 0 aliphatic carbocycles. The van der Waals surface area contributed by atoms with Crippen LogP contribution in [0.3, 0.4) is 0 Å². The second-order valence-corrected chi connectivity index (χ2v) is 9.26. The molecule has 1 spiro atoms. The first-order valence-corrected chi connectivity index (χ1v) is 11.4. The van der Waals surface area contributed by atoms with Gasteiger partial charge in [-0.15, -0.1) is 0 Å². The Bertz CT molecular complexity index is 1420. The predicted octanol–water partition coefficient (Wildman–Crippen LogP) is 3.87. The molecule has 0 bridgehead atoms. The summed E-state index contributed by atoms with van der Waals surface area (Å²) < 4.78 is 20.5. The molecule has 1 aromatic carbocycles. The molecule has 0 atom stereocenters. The fraction of sp³-hybridized carbons (Fsp3) is 0.231. The highest BCUT2D eigenvalue weighted by molar-refractivity contribution is 6.03. The molecule has 8 nitrogen and oxygen atoms in total. The molecular weight excluding hydrogens is 447 g/mol. The number of carbonyl (C=O) groups excluding carboxylic acids is 1. The van der Waals surface area contributed by atoms with Gasteiger partial charge in [0, 0.05) is 42.3 Å². The minimum atomic E-state index is -0.699. The van der Waals surface area contributed by atoms with Gasteiger partial charge in [0.15, 0.2) is 0 Å². The number of rotatable bonds is 5. The Morgan fingerprint density at radius 2 is 1.94 bits per heavy atom. The molecule has 6 rings (SSSR count). The van der Waals surface area contributed by atoms with Crippen molar-refractivity contribution in [3.8, 4) is 16.8 Å². The maximum Gasteiger partial charge on any atom is 0.274 e. The van der Waals surface area contributed by atoms with E-state index < -0.39 is 11.9 Å². The van der Waals surface area contributed by atoms with Gasteiger partial charge in [0.05, 0.1) is 42.4 Å². The summed E-state index contributed by atoms with van der Waals surface area (Å²) in [6.07, 6.45) is 7.48. The lowest BCUT2D eigenvalue weighted by Gasteiger charge is -2.55. The number of pyridine rings is 2. The lowest BCUT2D eigenvalue weighted by molar-refractivity contribution is -0.127. The maximum absolute atomic E-state index is 13.4. The zero-order valence-corrected chi connectivity index (χ0v) is 19.1. The van der Waals surface area contributed by atoms with Crippen LogP contribution in [0.15, 0.2) is 67.3 Å². The third-order valence-electron chi connectivity index (χ3n) is 6.54. The van der Waals surface area contributed by atoms with Gasteiger partial charge in [-0.2, -0.15) is 9.49 Å². The molecule has 2 aliphatic rings. The average molecular weight is 471 g/mol. The molecule has 1 amide bonds. The molecule has 2 fully saturated rings. The largest absolute Gasteiger partial charge is 0.380 e. The highest BCUT2D eigenvalue weighted by Gasteiger charge is 2.49. The van der Waals surface area contributed by atoms with E-state index in [0.717, 1.165) is 54.4 Å². The van der Waals surface area contributed by atoms with Crippen molar-refractivity contribution < 1.29 is 13.9 Å². The normalized spacial score (nSPS) is 16.0. The molecule has 176 valence electrons. The first-order chi connectivity index (χ1) is 17.0. The van der Waals surface area contributed by atoms with Crippen molar-refractivity contribution in [2.75, 3.05) is 36.5 Å². The number of halogens is 1. The highest BCUT2D eigenvalue weighted by atomic mass is 19.1. The lowest BCUT2D eigenvalue weighted by Crippen LogP contribution is -2.66. The molecule has 9 heteroatoms. The molecule has 0 radical (unpaired) electrons. The summed E-state index contributed by atoms with van der Waals surface area (Å²) in [5, 5.41) is 7.33. The quantitative estimate of drug-likeness (QED) is 0.446. The van der Waals surface area contributed by atoms with E-state index >= 15 is 0 Å². The number of ether oxygens (including phenoxy) is 1. The standard InChI is InChI=1S/C26H23FN6O2/c1-17-5-6-20(30-25(34)22-3-2-4-24(27)31-22)8-23(17)33-12-19(10-29-33)18-7-21(11-28-9-18)32-13-26(14-32)15-35-16-26/h2-12H,13-16H2,1H3,(H,30,34). The van der Waals surface area contributed by atoms with E-state index in [1.807, 2.05) is 37.6 Å². The SMILES string of the molecule is Cc1ccc(NC(=O)c2cccc(F)n2)cc1-n1cc(-c2cncc(N3CC4(COC4)C3)c2)cn1. The Hall–Kier alpha value is -4.11. The monoisotopic (exact) mass is 470 g/mol. The van der Waals surface area contributed by atoms with Crippen LogP contribution in [0.2, 0.25) is 0 Å². The van der Waals surface area contributed by atoms with E-state index in [9.17, 15) is 9.18 Å². The number of aromatic nitrogens is 4. The number of carbonyl (C=O) groups is 1. The summed E-state index contributed by atoms with van der Waals surface area (Å²) >= 11 is 0. The number of amides is 1. The second-order valence-electron chi connectivity index (χ2n) is 9.26. The number of benzene rings is 1.